The smallest absolute Gasteiger partial charge is 0.335 e. The molecule has 0 unspecified atom stereocenters. The molecule has 0 radical (unpaired) electrons. The first-order valence-electron chi connectivity index (χ1n) is 5.41. The molecule has 2 amide bonds. The Kier molecular flexibility index (Phi) is 4.76. The van der Waals surface area contributed by atoms with Gasteiger partial charge in [-0.15, -0.1) is 6.42 Å². The Hall–Kier alpha value is -2.48. The maximum absolute atomic E-state index is 11.8. The van der Waals surface area contributed by atoms with Crippen LogP contribution < -0.4 is 5.32 Å². The first kappa shape index (κ1) is 13.6. The lowest BCUT2D eigenvalue weighted by Crippen LogP contribution is -2.35. The van der Waals surface area contributed by atoms with Crippen LogP contribution in [0.5, 0.6) is 0 Å². The molecule has 0 aromatic heterocycles. The predicted molar refractivity (Wildman–Crippen MR) is 68.5 cm³/mol. The Morgan fingerprint density at radius 3 is 2.44 bits per heavy atom. The highest BCUT2D eigenvalue weighted by Crippen LogP contribution is 2.10. The lowest BCUT2D eigenvalue weighted by Gasteiger charge is -2.18. The van der Waals surface area contributed by atoms with Crippen LogP contribution in [0.2, 0.25) is 0 Å². The van der Waals surface area contributed by atoms with Gasteiger partial charge in [-0.05, 0) is 31.2 Å². The van der Waals surface area contributed by atoms with Gasteiger partial charge in [0.25, 0.3) is 0 Å². The van der Waals surface area contributed by atoms with Gasteiger partial charge in [0.1, 0.15) is 0 Å². The highest BCUT2D eigenvalue weighted by molar-refractivity contribution is 5.91. The summed E-state index contributed by atoms with van der Waals surface area (Å²) in [4.78, 5) is 23.9. The van der Waals surface area contributed by atoms with E-state index in [4.69, 9.17) is 11.5 Å². The monoisotopic (exact) mass is 246 g/mol. The van der Waals surface area contributed by atoms with E-state index in [0.717, 1.165) is 0 Å². The maximum Gasteiger partial charge on any atom is 0.335 e. The number of carbonyl (C=O) groups is 2. The number of terminal acetylenes is 1. The molecule has 1 rings (SSSR count). The third-order valence-electron chi connectivity index (χ3n) is 2.33. The Balaban J connectivity index is 2.70. The molecule has 0 atom stereocenters. The molecule has 0 saturated heterocycles. The molecule has 5 nitrogen and oxygen atoms in total. The zero-order chi connectivity index (χ0) is 13.5. The highest BCUT2D eigenvalue weighted by atomic mass is 16.4. The molecule has 2 N–H and O–H groups in total. The van der Waals surface area contributed by atoms with E-state index in [1.165, 1.54) is 29.2 Å². The third-order valence-corrected chi connectivity index (χ3v) is 2.33. The Morgan fingerprint density at radius 2 is 2.00 bits per heavy atom. The summed E-state index contributed by atoms with van der Waals surface area (Å²) in [6.07, 6.45) is 5.15. The first-order valence-corrected chi connectivity index (χ1v) is 5.41. The largest absolute Gasteiger partial charge is 0.478 e. The molecule has 1 aromatic rings. The van der Waals surface area contributed by atoms with Crippen LogP contribution in [0.3, 0.4) is 0 Å². The van der Waals surface area contributed by atoms with Gasteiger partial charge < -0.3 is 15.3 Å². The van der Waals surface area contributed by atoms with Crippen molar-refractivity contribution in [1.82, 2.24) is 4.90 Å². The molecular formula is C13H14N2O3. The normalized spacial score (nSPS) is 9.33. The third kappa shape index (κ3) is 3.52. The molecule has 94 valence electrons. The van der Waals surface area contributed by atoms with Crippen molar-refractivity contribution in [3.05, 3.63) is 29.8 Å². The number of aromatic carboxylic acids is 1. The van der Waals surface area contributed by atoms with Gasteiger partial charge in [-0.2, -0.15) is 0 Å². The van der Waals surface area contributed by atoms with E-state index >= 15 is 0 Å². The van der Waals surface area contributed by atoms with Crippen LogP contribution in [-0.2, 0) is 0 Å². The molecule has 0 fully saturated rings. The second-order valence-electron chi connectivity index (χ2n) is 3.53. The van der Waals surface area contributed by atoms with Crippen LogP contribution in [0.1, 0.15) is 17.3 Å². The maximum atomic E-state index is 11.8. The predicted octanol–water partition coefficient (Wildman–Crippen LogP) is 1.87. The summed E-state index contributed by atoms with van der Waals surface area (Å²) in [5, 5.41) is 11.4. The van der Waals surface area contributed by atoms with Gasteiger partial charge >= 0.3 is 12.0 Å². The summed E-state index contributed by atoms with van der Waals surface area (Å²) in [5.74, 6) is 1.39. The van der Waals surface area contributed by atoms with Gasteiger partial charge in [0.2, 0.25) is 0 Å². The van der Waals surface area contributed by atoms with Gasteiger partial charge in [-0.25, -0.2) is 9.59 Å². The number of rotatable bonds is 4. The van der Waals surface area contributed by atoms with Crippen LogP contribution >= 0.6 is 0 Å². The highest BCUT2D eigenvalue weighted by Gasteiger charge is 2.10. The second-order valence-corrected chi connectivity index (χ2v) is 3.53. The van der Waals surface area contributed by atoms with Gasteiger partial charge in [0, 0.05) is 12.2 Å². The van der Waals surface area contributed by atoms with E-state index in [2.05, 4.69) is 11.2 Å². The molecule has 1 aromatic carbocycles. The van der Waals surface area contributed by atoms with Gasteiger partial charge in [0.15, 0.2) is 0 Å². The summed E-state index contributed by atoms with van der Waals surface area (Å²) >= 11 is 0. The van der Waals surface area contributed by atoms with Crippen molar-refractivity contribution < 1.29 is 14.7 Å². The SMILES string of the molecule is C#CCN(CC)C(=O)Nc1ccc(C(=O)O)cc1. The van der Waals surface area contributed by atoms with Crippen molar-refractivity contribution in [1.29, 1.82) is 0 Å². The van der Waals surface area contributed by atoms with Crippen LogP contribution in [0.25, 0.3) is 0 Å². The summed E-state index contributed by atoms with van der Waals surface area (Å²) in [6, 6.07) is 5.61. The van der Waals surface area contributed by atoms with E-state index in [1.54, 1.807) is 0 Å². The number of amides is 2. The summed E-state index contributed by atoms with van der Waals surface area (Å²) in [7, 11) is 0. The molecule has 0 bridgehead atoms. The number of urea groups is 1. The van der Waals surface area contributed by atoms with Gasteiger partial charge in [0.05, 0.1) is 12.1 Å². The molecule has 0 aliphatic heterocycles. The van der Waals surface area contributed by atoms with Gasteiger partial charge in [-0.1, -0.05) is 5.92 Å². The van der Waals surface area contributed by atoms with Crippen molar-refractivity contribution in [3.63, 3.8) is 0 Å². The standard InChI is InChI=1S/C13H14N2O3/c1-3-9-15(4-2)13(18)14-11-7-5-10(6-8-11)12(16)17/h1,5-8H,4,9H2,2H3,(H,14,18)(H,16,17). The van der Waals surface area contributed by atoms with Crippen molar-refractivity contribution >= 4 is 17.7 Å². The average Bonchev–Trinajstić information content (AvgIpc) is 2.36. The molecule has 0 aliphatic carbocycles. The Bertz CT molecular complexity index is 474. The number of carboxylic acid groups (broad SMARTS) is 1. The van der Waals surface area contributed by atoms with Crippen molar-refractivity contribution in [2.45, 2.75) is 6.92 Å². The zero-order valence-corrected chi connectivity index (χ0v) is 10.0. The lowest BCUT2D eigenvalue weighted by molar-refractivity contribution is 0.0697. The average molecular weight is 246 g/mol. The summed E-state index contributed by atoms with van der Waals surface area (Å²) in [5.41, 5.74) is 0.699. The fraction of sp³-hybridized carbons (Fsp3) is 0.231. The number of nitrogens with zero attached hydrogens (tertiary/aromatic N) is 1. The fourth-order valence-electron chi connectivity index (χ4n) is 1.34. The quantitative estimate of drug-likeness (QED) is 0.797. The van der Waals surface area contributed by atoms with Crippen LogP contribution in [0, 0.1) is 12.3 Å². The number of hydrogen-bond donors (Lipinski definition) is 2. The molecule has 5 heteroatoms. The molecule has 0 aliphatic rings. The Morgan fingerprint density at radius 1 is 1.39 bits per heavy atom. The minimum absolute atomic E-state index is 0.170. The molecule has 0 heterocycles. The number of anilines is 1. The number of carbonyl (C=O) groups excluding carboxylic acids is 1. The summed E-state index contributed by atoms with van der Waals surface area (Å²) < 4.78 is 0. The molecule has 18 heavy (non-hydrogen) atoms. The van der Waals surface area contributed by atoms with Crippen molar-refractivity contribution in [3.8, 4) is 12.3 Å². The van der Waals surface area contributed by atoms with Crippen molar-refractivity contribution in [2.75, 3.05) is 18.4 Å². The van der Waals surface area contributed by atoms with E-state index in [9.17, 15) is 9.59 Å². The lowest BCUT2D eigenvalue weighted by atomic mass is 10.2. The first-order chi connectivity index (χ1) is 8.58. The van der Waals surface area contributed by atoms with Crippen LogP contribution in [0.15, 0.2) is 24.3 Å². The van der Waals surface area contributed by atoms with E-state index in [-0.39, 0.29) is 18.1 Å². The number of nitrogens with one attached hydrogen (secondary N) is 1. The van der Waals surface area contributed by atoms with Crippen molar-refractivity contribution in [2.24, 2.45) is 0 Å². The molecular weight excluding hydrogens is 232 g/mol. The number of carboxylic acids is 1. The summed E-state index contributed by atoms with van der Waals surface area (Å²) in [6.45, 7) is 2.56. The zero-order valence-electron chi connectivity index (χ0n) is 10.0. The van der Waals surface area contributed by atoms with E-state index < -0.39 is 5.97 Å². The van der Waals surface area contributed by atoms with E-state index in [1.807, 2.05) is 6.92 Å². The number of benzene rings is 1. The minimum Gasteiger partial charge on any atom is -0.478 e. The van der Waals surface area contributed by atoms with E-state index in [0.29, 0.717) is 12.2 Å². The second kappa shape index (κ2) is 6.30. The molecule has 0 saturated carbocycles. The molecule has 0 spiro atoms. The topological polar surface area (TPSA) is 69.6 Å². The Labute approximate surface area is 105 Å². The minimum atomic E-state index is -1.00. The fourth-order valence-corrected chi connectivity index (χ4v) is 1.34. The van der Waals surface area contributed by atoms with Crippen LogP contribution in [-0.4, -0.2) is 35.1 Å². The van der Waals surface area contributed by atoms with Gasteiger partial charge in [-0.3, -0.25) is 0 Å². The van der Waals surface area contributed by atoms with Crippen LogP contribution in [0.4, 0.5) is 10.5 Å². The number of hydrogen-bond acceptors (Lipinski definition) is 2.